The van der Waals surface area contributed by atoms with Gasteiger partial charge >= 0.3 is 5.97 Å². The second-order valence-corrected chi connectivity index (χ2v) is 7.65. The molecule has 0 aliphatic heterocycles. The highest BCUT2D eigenvalue weighted by Gasteiger charge is 2.12. The second kappa shape index (κ2) is 10.0. The molecule has 4 aromatic rings. The normalized spacial score (nSPS) is 11.0. The van der Waals surface area contributed by atoms with Gasteiger partial charge in [-0.3, -0.25) is 14.9 Å². The molecule has 0 fully saturated rings. The van der Waals surface area contributed by atoms with E-state index in [9.17, 15) is 14.9 Å². The van der Waals surface area contributed by atoms with E-state index in [2.05, 4.69) is 0 Å². The molecule has 33 heavy (non-hydrogen) atoms. The highest BCUT2D eigenvalue weighted by molar-refractivity contribution is 6.08. The number of nitrogens with zero attached hydrogens (tertiary/aromatic N) is 2. The van der Waals surface area contributed by atoms with Crippen molar-refractivity contribution in [1.82, 2.24) is 4.57 Å². The Hall–Kier alpha value is -4.07. The number of nitro benzene ring substituents is 1. The quantitative estimate of drug-likeness (QED) is 0.187. The van der Waals surface area contributed by atoms with E-state index in [0.717, 1.165) is 40.4 Å². The molecular weight excluding hydrogens is 424 g/mol. The van der Waals surface area contributed by atoms with Gasteiger partial charge in [0.25, 0.3) is 5.69 Å². The number of carboxylic acid groups (broad SMARTS) is 1. The van der Waals surface area contributed by atoms with Gasteiger partial charge in [0.1, 0.15) is 11.5 Å². The molecule has 0 aliphatic rings. The molecule has 0 spiro atoms. The van der Waals surface area contributed by atoms with Crippen LogP contribution in [-0.4, -0.2) is 33.8 Å². The van der Waals surface area contributed by atoms with Crippen LogP contribution in [0.5, 0.6) is 11.5 Å². The van der Waals surface area contributed by atoms with Crippen LogP contribution in [-0.2, 0) is 11.3 Å². The molecule has 0 radical (unpaired) electrons. The molecule has 0 aliphatic carbocycles. The fourth-order valence-corrected chi connectivity index (χ4v) is 3.82. The lowest BCUT2D eigenvalue weighted by Gasteiger charge is -2.09. The maximum absolute atomic E-state index is 11.1. The van der Waals surface area contributed by atoms with Crippen LogP contribution in [0.15, 0.2) is 66.7 Å². The Kier molecular flexibility index (Phi) is 6.73. The number of rotatable bonds is 11. The molecule has 0 unspecified atom stereocenters. The first kappa shape index (κ1) is 22.1. The number of carboxylic acids is 1. The molecule has 8 heteroatoms. The van der Waals surface area contributed by atoms with Crippen LogP contribution >= 0.6 is 0 Å². The largest absolute Gasteiger partial charge is 0.494 e. The molecule has 0 bridgehead atoms. The van der Waals surface area contributed by atoms with E-state index < -0.39 is 10.9 Å². The third-order valence-corrected chi connectivity index (χ3v) is 5.42. The summed E-state index contributed by atoms with van der Waals surface area (Å²) < 4.78 is 13.6. The second-order valence-electron chi connectivity index (χ2n) is 7.65. The number of non-ortho nitro benzene ring substituents is 1. The van der Waals surface area contributed by atoms with Crippen LogP contribution in [0, 0.1) is 10.1 Å². The fraction of sp³-hybridized carbons (Fsp3) is 0.240. The van der Waals surface area contributed by atoms with Gasteiger partial charge < -0.3 is 19.1 Å². The predicted molar refractivity (Wildman–Crippen MR) is 125 cm³/mol. The van der Waals surface area contributed by atoms with Gasteiger partial charge in [-0.15, -0.1) is 0 Å². The first-order valence-electron chi connectivity index (χ1n) is 10.8. The van der Waals surface area contributed by atoms with Crippen molar-refractivity contribution in [3.8, 4) is 11.5 Å². The summed E-state index contributed by atoms with van der Waals surface area (Å²) in [4.78, 5) is 21.4. The molecule has 1 N–H and O–H groups in total. The summed E-state index contributed by atoms with van der Waals surface area (Å²) in [6, 6.07) is 19.9. The third-order valence-electron chi connectivity index (χ3n) is 5.42. The Balaban J connectivity index is 1.34. The number of fused-ring (bicyclic) bond motifs is 3. The molecular formula is C25H24N2O6. The number of unbranched alkanes of at least 4 members (excludes halogenated alkanes) is 1. The summed E-state index contributed by atoms with van der Waals surface area (Å²) in [5.74, 6) is 0.503. The van der Waals surface area contributed by atoms with Crippen LogP contribution in [0.4, 0.5) is 5.69 Å². The predicted octanol–water partition coefficient (Wildman–Crippen LogP) is 5.42. The van der Waals surface area contributed by atoms with Crippen LogP contribution in [0.25, 0.3) is 21.8 Å². The highest BCUT2D eigenvalue weighted by atomic mass is 16.6. The van der Waals surface area contributed by atoms with E-state index in [0.29, 0.717) is 25.5 Å². The summed E-state index contributed by atoms with van der Waals surface area (Å²) in [6.07, 6.45) is 1.61. The smallest absolute Gasteiger partial charge is 0.305 e. The monoisotopic (exact) mass is 448 g/mol. The number of hydrogen-bond acceptors (Lipinski definition) is 5. The topological polar surface area (TPSA) is 104 Å². The van der Waals surface area contributed by atoms with Crippen molar-refractivity contribution >= 4 is 33.5 Å². The van der Waals surface area contributed by atoms with Gasteiger partial charge in [-0.05, 0) is 43.2 Å². The number of carbonyl (C=O) groups is 1. The number of hydrogen-bond donors (Lipinski definition) is 1. The van der Waals surface area contributed by atoms with Crippen LogP contribution in [0.3, 0.4) is 0 Å². The van der Waals surface area contributed by atoms with Crippen molar-refractivity contribution in [2.24, 2.45) is 0 Å². The Morgan fingerprint density at radius 2 is 1.52 bits per heavy atom. The first-order chi connectivity index (χ1) is 16.0. The van der Waals surface area contributed by atoms with Gasteiger partial charge in [0.2, 0.25) is 0 Å². The van der Waals surface area contributed by atoms with Gasteiger partial charge in [0.05, 0.1) is 30.1 Å². The molecule has 0 atom stereocenters. The van der Waals surface area contributed by atoms with Crippen molar-refractivity contribution in [2.45, 2.75) is 25.8 Å². The van der Waals surface area contributed by atoms with E-state index in [1.54, 1.807) is 12.1 Å². The minimum Gasteiger partial charge on any atom is -0.494 e. The lowest BCUT2D eigenvalue weighted by Crippen LogP contribution is -2.05. The zero-order valence-corrected chi connectivity index (χ0v) is 18.0. The Bertz CT molecular complexity index is 1280. The Morgan fingerprint density at radius 1 is 0.879 bits per heavy atom. The minimum atomic E-state index is -0.829. The summed E-state index contributed by atoms with van der Waals surface area (Å²) in [5.41, 5.74) is 2.00. The first-order valence-corrected chi connectivity index (χ1v) is 10.8. The molecule has 170 valence electrons. The van der Waals surface area contributed by atoms with Gasteiger partial charge in [-0.1, -0.05) is 18.2 Å². The van der Waals surface area contributed by atoms with Crippen LogP contribution < -0.4 is 9.47 Å². The fourth-order valence-electron chi connectivity index (χ4n) is 3.82. The van der Waals surface area contributed by atoms with Crippen molar-refractivity contribution in [1.29, 1.82) is 0 Å². The number of para-hydroxylation sites is 1. The van der Waals surface area contributed by atoms with E-state index >= 15 is 0 Å². The SMILES string of the molecule is O=C(O)CCn1c2ccccc2c2ccc(OCCCCOc3ccc([N+](=O)[O-])cc3)cc21. The summed E-state index contributed by atoms with van der Waals surface area (Å²) in [6.45, 7) is 1.40. The van der Waals surface area contributed by atoms with Crippen molar-refractivity contribution in [3.05, 3.63) is 76.8 Å². The van der Waals surface area contributed by atoms with Crippen molar-refractivity contribution < 1.29 is 24.3 Å². The molecule has 0 amide bonds. The molecule has 4 rings (SSSR count). The maximum Gasteiger partial charge on any atom is 0.305 e. The van der Waals surface area contributed by atoms with Gasteiger partial charge in [-0.25, -0.2) is 0 Å². The zero-order chi connectivity index (χ0) is 23.2. The van der Waals surface area contributed by atoms with Crippen LogP contribution in [0.1, 0.15) is 19.3 Å². The van der Waals surface area contributed by atoms with Crippen LogP contribution in [0.2, 0.25) is 0 Å². The number of benzene rings is 3. The van der Waals surface area contributed by atoms with E-state index in [-0.39, 0.29) is 12.1 Å². The zero-order valence-electron chi connectivity index (χ0n) is 18.0. The van der Waals surface area contributed by atoms with E-state index in [1.165, 1.54) is 12.1 Å². The average Bonchev–Trinajstić information content (AvgIpc) is 3.13. The number of aliphatic carboxylic acids is 1. The molecule has 8 nitrogen and oxygen atoms in total. The number of aryl methyl sites for hydroxylation is 1. The van der Waals surface area contributed by atoms with Crippen molar-refractivity contribution in [2.75, 3.05) is 13.2 Å². The molecule has 1 heterocycles. The van der Waals surface area contributed by atoms with Gasteiger partial charge in [-0.2, -0.15) is 0 Å². The lowest BCUT2D eigenvalue weighted by molar-refractivity contribution is -0.384. The van der Waals surface area contributed by atoms with E-state index in [1.807, 2.05) is 47.0 Å². The van der Waals surface area contributed by atoms with Gasteiger partial charge in [0.15, 0.2) is 0 Å². The number of ether oxygens (including phenoxy) is 2. The third kappa shape index (κ3) is 5.23. The van der Waals surface area contributed by atoms with Gasteiger partial charge in [0, 0.05) is 41.0 Å². The summed E-state index contributed by atoms with van der Waals surface area (Å²) >= 11 is 0. The minimum absolute atomic E-state index is 0.0368. The van der Waals surface area contributed by atoms with Crippen molar-refractivity contribution in [3.63, 3.8) is 0 Å². The molecule has 3 aromatic carbocycles. The number of nitro groups is 1. The Morgan fingerprint density at radius 3 is 2.21 bits per heavy atom. The summed E-state index contributed by atoms with van der Waals surface area (Å²) in [5, 5.41) is 22.0. The molecule has 0 saturated carbocycles. The molecule has 1 aromatic heterocycles. The summed E-state index contributed by atoms with van der Waals surface area (Å²) in [7, 11) is 0. The average molecular weight is 448 g/mol. The number of aromatic nitrogens is 1. The maximum atomic E-state index is 11.1. The highest BCUT2D eigenvalue weighted by Crippen LogP contribution is 2.32. The molecule has 0 saturated heterocycles. The standard InChI is InChI=1S/C25H24N2O6/c28-25(29)13-14-26-23-6-2-1-5-21(23)22-12-11-20(17-24(22)26)33-16-4-3-15-32-19-9-7-18(8-10-19)27(30)31/h1-2,5-12,17H,3-4,13-16H2,(H,28,29). The Labute approximate surface area is 190 Å². The van der Waals surface area contributed by atoms with E-state index in [4.69, 9.17) is 14.6 Å². The lowest BCUT2D eigenvalue weighted by atomic mass is 10.1.